The van der Waals surface area contributed by atoms with Crippen LogP contribution in [0.5, 0.6) is 0 Å². The maximum absolute atomic E-state index is 11.7. The monoisotopic (exact) mass is 291 g/mol. The molecule has 2 rings (SSSR count). The molecular weight excluding hydrogens is 278 g/mol. The van der Waals surface area contributed by atoms with Gasteiger partial charge >= 0.3 is 5.97 Å². The Bertz CT molecular complexity index is 646. The van der Waals surface area contributed by atoms with Crippen LogP contribution in [0.2, 0.25) is 5.28 Å². The molecule has 0 atom stereocenters. The number of aromatic nitrogens is 2. The summed E-state index contributed by atoms with van der Waals surface area (Å²) >= 11 is 5.78. The van der Waals surface area contributed by atoms with Crippen LogP contribution in [-0.4, -0.2) is 30.1 Å². The van der Waals surface area contributed by atoms with Crippen molar-refractivity contribution in [1.82, 2.24) is 9.97 Å². The van der Waals surface area contributed by atoms with Crippen molar-refractivity contribution in [3.8, 4) is 0 Å². The predicted molar refractivity (Wildman–Crippen MR) is 77.6 cm³/mol. The molecule has 20 heavy (non-hydrogen) atoms. The fraction of sp³-hybridized carbons (Fsp3) is 0.214. The number of hydrogen-bond donors (Lipinski definition) is 0. The third-order valence-corrected chi connectivity index (χ3v) is 3.15. The van der Waals surface area contributed by atoms with Crippen molar-refractivity contribution < 1.29 is 9.53 Å². The molecule has 0 aliphatic carbocycles. The highest BCUT2D eigenvalue weighted by Crippen LogP contribution is 2.25. The molecule has 0 aliphatic heterocycles. The van der Waals surface area contributed by atoms with Gasteiger partial charge in [-0.2, -0.15) is 0 Å². The van der Waals surface area contributed by atoms with Crippen LogP contribution < -0.4 is 4.90 Å². The van der Waals surface area contributed by atoms with Crippen LogP contribution in [-0.2, 0) is 4.74 Å². The lowest BCUT2D eigenvalue weighted by Crippen LogP contribution is -2.13. The van der Waals surface area contributed by atoms with Gasteiger partial charge in [-0.25, -0.2) is 14.8 Å². The zero-order valence-corrected chi connectivity index (χ0v) is 12.2. The van der Waals surface area contributed by atoms with Crippen LogP contribution in [0.25, 0.3) is 0 Å². The van der Waals surface area contributed by atoms with E-state index in [0.29, 0.717) is 11.4 Å². The second kappa shape index (κ2) is 5.88. The highest BCUT2D eigenvalue weighted by atomic mass is 35.5. The van der Waals surface area contributed by atoms with Gasteiger partial charge in [0.15, 0.2) is 0 Å². The summed E-state index contributed by atoms with van der Waals surface area (Å²) in [6.45, 7) is 1.86. The third-order valence-electron chi connectivity index (χ3n) is 2.97. The predicted octanol–water partition coefficient (Wildman–Crippen LogP) is 2.99. The molecule has 104 valence electrons. The molecule has 2 aromatic rings. The van der Waals surface area contributed by atoms with Crippen LogP contribution in [0, 0.1) is 6.92 Å². The number of aryl methyl sites for hydroxylation is 1. The summed E-state index contributed by atoms with van der Waals surface area (Å²) in [7, 11) is 3.20. The standard InChI is InChI=1S/C14H14ClN3O2/c1-9-4-5-10(8-11(9)13(19)20-3)18(2)12-6-7-16-14(15)17-12/h4-8H,1-3H3. The highest BCUT2D eigenvalue weighted by molar-refractivity contribution is 6.28. The first-order valence-electron chi connectivity index (χ1n) is 5.94. The van der Waals surface area contributed by atoms with Crippen LogP contribution in [0.1, 0.15) is 15.9 Å². The molecule has 0 radical (unpaired) electrons. The van der Waals surface area contributed by atoms with E-state index in [-0.39, 0.29) is 11.3 Å². The van der Waals surface area contributed by atoms with E-state index in [0.717, 1.165) is 11.3 Å². The van der Waals surface area contributed by atoms with Crippen molar-refractivity contribution in [1.29, 1.82) is 0 Å². The normalized spacial score (nSPS) is 10.2. The molecule has 0 bridgehead atoms. The van der Waals surface area contributed by atoms with Crippen molar-refractivity contribution in [3.05, 3.63) is 46.9 Å². The molecule has 0 saturated heterocycles. The Morgan fingerprint density at radius 2 is 2.10 bits per heavy atom. The molecule has 5 nitrogen and oxygen atoms in total. The minimum atomic E-state index is -0.363. The van der Waals surface area contributed by atoms with Gasteiger partial charge in [-0.05, 0) is 42.3 Å². The van der Waals surface area contributed by atoms with Gasteiger partial charge in [-0.3, -0.25) is 0 Å². The highest BCUT2D eigenvalue weighted by Gasteiger charge is 2.13. The van der Waals surface area contributed by atoms with Gasteiger partial charge in [0.05, 0.1) is 12.7 Å². The third kappa shape index (κ3) is 2.88. The Hall–Kier alpha value is -2.14. The average molecular weight is 292 g/mol. The molecule has 0 spiro atoms. The lowest BCUT2D eigenvalue weighted by atomic mass is 10.1. The molecule has 0 fully saturated rings. The van der Waals surface area contributed by atoms with E-state index >= 15 is 0 Å². The maximum atomic E-state index is 11.7. The topological polar surface area (TPSA) is 55.3 Å². The molecule has 1 aromatic carbocycles. The first kappa shape index (κ1) is 14.3. The van der Waals surface area contributed by atoms with Gasteiger partial charge in [0.2, 0.25) is 5.28 Å². The largest absolute Gasteiger partial charge is 0.465 e. The molecule has 0 aliphatic rings. The Labute approximate surface area is 122 Å². The summed E-state index contributed by atoms with van der Waals surface area (Å²) in [6, 6.07) is 7.26. The number of carbonyl (C=O) groups excluding carboxylic acids is 1. The quantitative estimate of drug-likeness (QED) is 0.643. The smallest absolute Gasteiger partial charge is 0.338 e. The minimum absolute atomic E-state index is 0.176. The van der Waals surface area contributed by atoms with E-state index in [2.05, 4.69) is 9.97 Å². The molecule has 6 heteroatoms. The molecule has 0 unspecified atom stereocenters. The minimum Gasteiger partial charge on any atom is -0.465 e. The number of benzene rings is 1. The molecule has 1 aromatic heterocycles. The van der Waals surface area contributed by atoms with Gasteiger partial charge < -0.3 is 9.64 Å². The van der Waals surface area contributed by atoms with Crippen molar-refractivity contribution in [2.75, 3.05) is 19.1 Å². The van der Waals surface area contributed by atoms with Crippen LogP contribution in [0.4, 0.5) is 11.5 Å². The number of rotatable bonds is 3. The van der Waals surface area contributed by atoms with E-state index < -0.39 is 0 Å². The van der Waals surface area contributed by atoms with Crippen LogP contribution in [0.15, 0.2) is 30.5 Å². The number of nitrogens with zero attached hydrogens (tertiary/aromatic N) is 3. The summed E-state index contributed by atoms with van der Waals surface area (Å²) < 4.78 is 4.77. The zero-order valence-electron chi connectivity index (χ0n) is 11.4. The SMILES string of the molecule is COC(=O)c1cc(N(C)c2ccnc(Cl)n2)ccc1C. The van der Waals surface area contributed by atoms with Gasteiger partial charge in [0.1, 0.15) is 5.82 Å². The van der Waals surface area contributed by atoms with E-state index in [1.807, 2.05) is 31.0 Å². The molecule has 0 amide bonds. The van der Waals surface area contributed by atoms with Gasteiger partial charge in [0, 0.05) is 18.9 Å². The number of ether oxygens (including phenoxy) is 1. The van der Waals surface area contributed by atoms with Gasteiger partial charge in [-0.15, -0.1) is 0 Å². The number of halogens is 1. The van der Waals surface area contributed by atoms with Gasteiger partial charge in [0.25, 0.3) is 0 Å². The Kier molecular flexibility index (Phi) is 4.20. The maximum Gasteiger partial charge on any atom is 0.338 e. The lowest BCUT2D eigenvalue weighted by molar-refractivity contribution is 0.0600. The first-order chi connectivity index (χ1) is 9.52. The average Bonchev–Trinajstić information content (AvgIpc) is 2.46. The second-order valence-electron chi connectivity index (χ2n) is 4.23. The number of anilines is 2. The fourth-order valence-corrected chi connectivity index (χ4v) is 1.94. The Morgan fingerprint density at radius 1 is 1.35 bits per heavy atom. The van der Waals surface area contributed by atoms with E-state index in [1.165, 1.54) is 7.11 Å². The molecule has 0 saturated carbocycles. The van der Waals surface area contributed by atoms with E-state index in [9.17, 15) is 4.79 Å². The van der Waals surface area contributed by atoms with E-state index in [4.69, 9.17) is 16.3 Å². The lowest BCUT2D eigenvalue weighted by Gasteiger charge is -2.19. The van der Waals surface area contributed by atoms with Crippen molar-refractivity contribution in [2.45, 2.75) is 6.92 Å². The molecule has 1 heterocycles. The number of esters is 1. The summed E-state index contributed by atoms with van der Waals surface area (Å²) in [5.41, 5.74) is 2.19. The van der Waals surface area contributed by atoms with E-state index in [1.54, 1.807) is 18.3 Å². The Balaban J connectivity index is 2.40. The zero-order chi connectivity index (χ0) is 14.7. The van der Waals surface area contributed by atoms with Crippen molar-refractivity contribution >= 4 is 29.1 Å². The summed E-state index contributed by atoms with van der Waals surface area (Å²) in [6.07, 6.45) is 1.58. The number of methoxy groups -OCH3 is 1. The van der Waals surface area contributed by atoms with Crippen LogP contribution >= 0.6 is 11.6 Å². The number of hydrogen-bond acceptors (Lipinski definition) is 5. The van der Waals surface area contributed by atoms with Crippen molar-refractivity contribution in [2.24, 2.45) is 0 Å². The van der Waals surface area contributed by atoms with Crippen molar-refractivity contribution in [3.63, 3.8) is 0 Å². The van der Waals surface area contributed by atoms with Gasteiger partial charge in [-0.1, -0.05) is 6.07 Å². The number of carbonyl (C=O) groups is 1. The summed E-state index contributed by atoms with van der Waals surface area (Å²) in [4.78, 5) is 21.5. The summed E-state index contributed by atoms with van der Waals surface area (Å²) in [5.74, 6) is 0.281. The summed E-state index contributed by atoms with van der Waals surface area (Å²) in [5, 5.41) is 0.176. The first-order valence-corrected chi connectivity index (χ1v) is 6.32. The van der Waals surface area contributed by atoms with Crippen LogP contribution in [0.3, 0.4) is 0 Å². The molecule has 0 N–H and O–H groups in total. The molecular formula is C14H14ClN3O2. The fourth-order valence-electron chi connectivity index (χ4n) is 1.79. The Morgan fingerprint density at radius 3 is 2.75 bits per heavy atom. The second-order valence-corrected chi connectivity index (χ2v) is 4.57.